The summed E-state index contributed by atoms with van der Waals surface area (Å²) in [6.45, 7) is 3.68. The van der Waals surface area contributed by atoms with Crippen LogP contribution in [0.15, 0.2) is 28.7 Å². The van der Waals surface area contributed by atoms with Crippen molar-refractivity contribution in [2.24, 2.45) is 5.73 Å². The molecule has 1 aliphatic heterocycles. The molecule has 2 rings (SSSR count). The standard InChI is InChI=1S/C16H26BrN3O/c1-11(18)16(12-4-6-13(17)7-5-12)20-10-15(21)8-14(20)9-19(2)3/h4-7,11,14-16,21H,8-10,18H2,1-3H3. The highest BCUT2D eigenvalue weighted by molar-refractivity contribution is 9.10. The minimum Gasteiger partial charge on any atom is -0.392 e. The number of benzene rings is 1. The maximum absolute atomic E-state index is 10.1. The zero-order valence-corrected chi connectivity index (χ0v) is 14.6. The van der Waals surface area contributed by atoms with Crippen molar-refractivity contribution in [3.63, 3.8) is 0 Å². The Labute approximate surface area is 136 Å². The molecular weight excluding hydrogens is 330 g/mol. The van der Waals surface area contributed by atoms with E-state index in [0.29, 0.717) is 12.6 Å². The highest BCUT2D eigenvalue weighted by Gasteiger charge is 2.37. The van der Waals surface area contributed by atoms with Crippen LogP contribution in [0, 0.1) is 0 Å². The average Bonchev–Trinajstić information content (AvgIpc) is 2.71. The van der Waals surface area contributed by atoms with E-state index in [4.69, 9.17) is 5.73 Å². The van der Waals surface area contributed by atoms with Crippen LogP contribution in [-0.2, 0) is 0 Å². The van der Waals surface area contributed by atoms with Crippen molar-refractivity contribution in [3.8, 4) is 0 Å². The molecule has 0 radical (unpaired) electrons. The van der Waals surface area contributed by atoms with E-state index in [2.05, 4.69) is 64.1 Å². The van der Waals surface area contributed by atoms with Crippen LogP contribution in [0.1, 0.15) is 24.9 Å². The van der Waals surface area contributed by atoms with Crippen LogP contribution < -0.4 is 5.73 Å². The Kier molecular flexibility index (Phi) is 5.80. The number of nitrogens with zero attached hydrogens (tertiary/aromatic N) is 2. The van der Waals surface area contributed by atoms with Crippen molar-refractivity contribution in [1.82, 2.24) is 9.80 Å². The molecule has 0 spiro atoms. The van der Waals surface area contributed by atoms with Crippen molar-refractivity contribution in [1.29, 1.82) is 0 Å². The Balaban J connectivity index is 2.25. The fraction of sp³-hybridized carbons (Fsp3) is 0.625. The summed E-state index contributed by atoms with van der Waals surface area (Å²) in [6.07, 6.45) is 0.560. The van der Waals surface area contributed by atoms with Crippen LogP contribution in [0.3, 0.4) is 0 Å². The van der Waals surface area contributed by atoms with Crippen molar-refractivity contribution in [3.05, 3.63) is 34.3 Å². The molecule has 0 saturated carbocycles. The van der Waals surface area contributed by atoms with Crippen LogP contribution >= 0.6 is 15.9 Å². The first-order chi connectivity index (χ1) is 9.88. The first-order valence-corrected chi connectivity index (χ1v) is 8.27. The number of nitrogens with two attached hydrogens (primary N) is 1. The van der Waals surface area contributed by atoms with Crippen molar-refractivity contribution in [2.45, 2.75) is 37.6 Å². The number of halogens is 1. The lowest BCUT2D eigenvalue weighted by Crippen LogP contribution is -2.45. The lowest BCUT2D eigenvalue weighted by molar-refractivity contribution is 0.123. The number of aliphatic hydroxyl groups is 1. The van der Waals surface area contributed by atoms with E-state index in [9.17, 15) is 5.11 Å². The Hall–Kier alpha value is -0.460. The van der Waals surface area contributed by atoms with Crippen LogP contribution in [0.5, 0.6) is 0 Å². The van der Waals surface area contributed by atoms with Gasteiger partial charge in [-0.15, -0.1) is 0 Å². The third-order valence-corrected chi connectivity index (χ3v) is 4.61. The molecule has 1 heterocycles. The predicted octanol–water partition coefficient (Wildman–Crippen LogP) is 1.83. The molecule has 0 amide bonds. The van der Waals surface area contributed by atoms with E-state index in [1.165, 1.54) is 5.56 Å². The normalized spacial score (nSPS) is 26.2. The van der Waals surface area contributed by atoms with E-state index in [1.807, 2.05) is 6.92 Å². The second-order valence-corrected chi connectivity index (χ2v) is 7.27. The van der Waals surface area contributed by atoms with E-state index >= 15 is 0 Å². The van der Waals surface area contributed by atoms with E-state index < -0.39 is 0 Å². The van der Waals surface area contributed by atoms with Gasteiger partial charge in [-0.05, 0) is 45.1 Å². The van der Waals surface area contributed by atoms with Crippen molar-refractivity contribution in [2.75, 3.05) is 27.2 Å². The maximum atomic E-state index is 10.1. The molecule has 1 fully saturated rings. The molecule has 1 aromatic carbocycles. The molecule has 4 unspecified atom stereocenters. The SMILES string of the molecule is CC(N)C(c1ccc(Br)cc1)N1CC(O)CC1CN(C)C. The number of likely N-dealkylation sites (tertiary alicyclic amines) is 1. The Bertz CT molecular complexity index is 449. The largest absolute Gasteiger partial charge is 0.392 e. The minimum atomic E-state index is -0.258. The summed E-state index contributed by atoms with van der Waals surface area (Å²) in [5.74, 6) is 0. The topological polar surface area (TPSA) is 52.7 Å². The highest BCUT2D eigenvalue weighted by Crippen LogP contribution is 2.32. The summed E-state index contributed by atoms with van der Waals surface area (Å²) in [7, 11) is 4.15. The molecule has 3 N–H and O–H groups in total. The molecule has 0 aliphatic carbocycles. The van der Waals surface area contributed by atoms with Gasteiger partial charge in [0.2, 0.25) is 0 Å². The summed E-state index contributed by atoms with van der Waals surface area (Å²) in [5.41, 5.74) is 7.49. The van der Waals surface area contributed by atoms with Gasteiger partial charge in [-0.1, -0.05) is 28.1 Å². The molecule has 1 aliphatic rings. The molecule has 21 heavy (non-hydrogen) atoms. The van der Waals surface area contributed by atoms with Crippen LogP contribution in [0.25, 0.3) is 0 Å². The summed E-state index contributed by atoms with van der Waals surface area (Å²) < 4.78 is 1.07. The second-order valence-electron chi connectivity index (χ2n) is 6.36. The maximum Gasteiger partial charge on any atom is 0.0682 e. The molecule has 1 saturated heterocycles. The number of likely N-dealkylation sites (N-methyl/N-ethyl adjacent to an activating group) is 1. The lowest BCUT2D eigenvalue weighted by atomic mass is 9.98. The van der Waals surface area contributed by atoms with Crippen molar-refractivity contribution < 1.29 is 5.11 Å². The fourth-order valence-corrected chi connectivity index (χ4v) is 3.58. The molecule has 4 atom stereocenters. The van der Waals surface area contributed by atoms with Gasteiger partial charge in [0.25, 0.3) is 0 Å². The summed E-state index contributed by atoms with van der Waals surface area (Å²) >= 11 is 3.48. The summed E-state index contributed by atoms with van der Waals surface area (Å²) in [4.78, 5) is 4.55. The molecule has 4 nitrogen and oxygen atoms in total. The van der Waals surface area contributed by atoms with Gasteiger partial charge in [0.1, 0.15) is 0 Å². The molecule has 0 aromatic heterocycles. The molecular formula is C16H26BrN3O. The highest BCUT2D eigenvalue weighted by atomic mass is 79.9. The Morgan fingerprint density at radius 3 is 2.52 bits per heavy atom. The van der Waals surface area contributed by atoms with Gasteiger partial charge in [-0.25, -0.2) is 0 Å². The average molecular weight is 356 g/mol. The lowest BCUT2D eigenvalue weighted by Gasteiger charge is -2.36. The number of hydrogen-bond donors (Lipinski definition) is 2. The predicted molar refractivity (Wildman–Crippen MR) is 90.2 cm³/mol. The number of hydrogen-bond acceptors (Lipinski definition) is 4. The van der Waals surface area contributed by atoms with Crippen LogP contribution in [0.4, 0.5) is 0 Å². The van der Waals surface area contributed by atoms with Crippen LogP contribution in [-0.4, -0.2) is 60.3 Å². The first-order valence-electron chi connectivity index (χ1n) is 7.48. The van der Waals surface area contributed by atoms with Gasteiger partial charge < -0.3 is 15.7 Å². The zero-order valence-electron chi connectivity index (χ0n) is 13.0. The van der Waals surface area contributed by atoms with Crippen molar-refractivity contribution >= 4 is 15.9 Å². The minimum absolute atomic E-state index is 0.0149. The van der Waals surface area contributed by atoms with E-state index in [1.54, 1.807) is 0 Å². The molecule has 5 heteroatoms. The van der Waals surface area contributed by atoms with Gasteiger partial charge in [0, 0.05) is 29.6 Å². The van der Waals surface area contributed by atoms with Gasteiger partial charge in [0.05, 0.1) is 12.1 Å². The van der Waals surface area contributed by atoms with Gasteiger partial charge in [-0.2, -0.15) is 0 Å². The monoisotopic (exact) mass is 355 g/mol. The van der Waals surface area contributed by atoms with E-state index in [0.717, 1.165) is 17.4 Å². The molecule has 118 valence electrons. The molecule has 1 aromatic rings. The summed E-state index contributed by atoms with van der Waals surface area (Å²) in [6, 6.07) is 8.84. The smallest absolute Gasteiger partial charge is 0.0682 e. The first kappa shape index (κ1) is 16.9. The fourth-order valence-electron chi connectivity index (χ4n) is 3.32. The number of β-amino-alcohol motifs (C(OH)–C–C–N with tert-alkyl or cyclic N) is 1. The number of rotatable bonds is 5. The molecule has 0 bridgehead atoms. The number of aliphatic hydroxyl groups excluding tert-OH is 1. The zero-order chi connectivity index (χ0) is 15.6. The Morgan fingerprint density at radius 2 is 2.00 bits per heavy atom. The Morgan fingerprint density at radius 1 is 1.38 bits per heavy atom. The van der Waals surface area contributed by atoms with Gasteiger partial charge >= 0.3 is 0 Å². The third kappa shape index (κ3) is 4.27. The third-order valence-electron chi connectivity index (χ3n) is 4.08. The second kappa shape index (κ2) is 7.20. The van der Waals surface area contributed by atoms with E-state index in [-0.39, 0.29) is 18.2 Å². The quantitative estimate of drug-likeness (QED) is 0.845. The van der Waals surface area contributed by atoms with Gasteiger partial charge in [-0.3, -0.25) is 4.90 Å². The van der Waals surface area contributed by atoms with Crippen LogP contribution in [0.2, 0.25) is 0 Å². The van der Waals surface area contributed by atoms with Gasteiger partial charge in [0.15, 0.2) is 0 Å². The summed E-state index contributed by atoms with van der Waals surface area (Å²) in [5, 5.41) is 10.1.